The number of aromatic nitrogens is 8. The lowest BCUT2D eigenvalue weighted by Gasteiger charge is -2.28. The quantitative estimate of drug-likeness (QED) is 0.153. The van der Waals surface area contributed by atoms with Gasteiger partial charge in [-0.15, -0.1) is 0 Å². The second-order valence-electron chi connectivity index (χ2n) is 19.4. The van der Waals surface area contributed by atoms with Crippen LogP contribution in [0.3, 0.4) is 0 Å². The lowest BCUT2D eigenvalue weighted by molar-refractivity contribution is -0.141. The average molecular weight is 1000 g/mol. The third-order valence-corrected chi connectivity index (χ3v) is 14.8. The SMILES string of the molecule is CC(=O)N1CCc2c(c(N3CCc4cc(-c5cn(C)nc5C(F)(F)F)ccc43)nn2[C@@H]2CCOC2)C1.CC(=O)N1CCc2c(c(N3CCc4cc(-c5cn(C)nc5C(F)(F)F)ccc43)nn2[C@H]2CCOC2)C1. The first-order valence-corrected chi connectivity index (χ1v) is 24.3. The number of ether oxygens (including phenoxy) is 2. The van der Waals surface area contributed by atoms with Crippen LogP contribution in [-0.2, 0) is 84.3 Å². The Hall–Kier alpha value is -6.68. The minimum Gasteiger partial charge on any atom is -0.379 e. The molecule has 2 aromatic carbocycles. The van der Waals surface area contributed by atoms with Crippen LogP contribution in [0.1, 0.15) is 83.8 Å². The second-order valence-corrected chi connectivity index (χ2v) is 19.4. The highest BCUT2D eigenvalue weighted by atomic mass is 19.4. The molecule has 2 amide bonds. The zero-order valence-electron chi connectivity index (χ0n) is 40.4. The summed E-state index contributed by atoms with van der Waals surface area (Å²) in [6.07, 6.45) is -1.58. The van der Waals surface area contributed by atoms with Crippen LogP contribution in [0.2, 0.25) is 0 Å². The van der Waals surface area contributed by atoms with Gasteiger partial charge >= 0.3 is 12.4 Å². The van der Waals surface area contributed by atoms with Gasteiger partial charge in [-0.2, -0.15) is 46.7 Å². The van der Waals surface area contributed by atoms with E-state index in [1.165, 1.54) is 35.9 Å². The summed E-state index contributed by atoms with van der Waals surface area (Å²) in [4.78, 5) is 32.3. The standard InChI is InChI=1S/2C25H27F3N6O2/c2*1-15(35)32-8-6-22-20(13-32)24(30-34(22)18-7-10-36-14-18)33-9-5-17-11-16(3-4-21(17)33)19-12-31(2)29-23(19)25(26,27)28/h2*3-4,11-12,18H,5-10,13-14H2,1-2H3/t2*18-/m10/s1. The number of aryl methyl sites for hydroxylation is 2. The maximum atomic E-state index is 13.6. The van der Waals surface area contributed by atoms with Crippen LogP contribution < -0.4 is 9.80 Å². The van der Waals surface area contributed by atoms with Gasteiger partial charge in [0.2, 0.25) is 11.8 Å². The highest BCUT2D eigenvalue weighted by molar-refractivity contribution is 5.79. The number of hydrogen-bond acceptors (Lipinski definition) is 10. The Morgan fingerprint density at radius 2 is 1.00 bits per heavy atom. The Kier molecular flexibility index (Phi) is 12.0. The largest absolute Gasteiger partial charge is 0.435 e. The van der Waals surface area contributed by atoms with Crippen LogP contribution in [0.5, 0.6) is 0 Å². The summed E-state index contributed by atoms with van der Waals surface area (Å²) in [6.45, 7) is 9.49. The van der Waals surface area contributed by atoms with Gasteiger partial charge in [0.15, 0.2) is 23.0 Å². The normalized spacial score (nSPS) is 19.6. The van der Waals surface area contributed by atoms with Crippen molar-refractivity contribution in [1.82, 2.24) is 48.9 Å². The number of rotatable bonds is 6. The molecule has 16 nitrogen and oxygen atoms in total. The molecule has 0 bridgehead atoms. The average Bonchev–Trinajstić information content (AvgIpc) is 4.20. The maximum Gasteiger partial charge on any atom is 0.435 e. The van der Waals surface area contributed by atoms with Crippen molar-refractivity contribution in [1.29, 1.82) is 0 Å². The van der Waals surface area contributed by atoms with Crippen molar-refractivity contribution >= 4 is 34.8 Å². The molecule has 2 atom stereocenters. The van der Waals surface area contributed by atoms with Crippen LogP contribution >= 0.6 is 0 Å². The number of benzene rings is 2. The van der Waals surface area contributed by atoms with Crippen molar-refractivity contribution in [2.45, 2.75) is 89.9 Å². The predicted molar refractivity (Wildman–Crippen MR) is 252 cm³/mol. The van der Waals surface area contributed by atoms with E-state index in [2.05, 4.69) is 29.4 Å². The zero-order chi connectivity index (χ0) is 50.4. The monoisotopic (exact) mass is 1000 g/mol. The molecule has 6 aromatic rings. The number of halogens is 6. The molecule has 380 valence electrons. The predicted octanol–water partition coefficient (Wildman–Crippen LogP) is 7.73. The van der Waals surface area contributed by atoms with E-state index in [9.17, 15) is 35.9 Å². The lowest BCUT2D eigenvalue weighted by Crippen LogP contribution is -2.35. The van der Waals surface area contributed by atoms with Gasteiger partial charge in [-0.1, -0.05) is 12.1 Å². The number of anilines is 4. The molecule has 0 saturated carbocycles. The molecule has 0 N–H and O–H groups in total. The Bertz CT molecular complexity index is 2880. The minimum absolute atomic E-state index is 0.0342. The summed E-state index contributed by atoms with van der Waals surface area (Å²) in [5.41, 5.74) is 7.58. The van der Waals surface area contributed by atoms with E-state index in [4.69, 9.17) is 19.7 Å². The molecule has 4 aromatic heterocycles. The van der Waals surface area contributed by atoms with Crippen molar-refractivity contribution in [2.24, 2.45) is 14.1 Å². The lowest BCUT2D eigenvalue weighted by atomic mass is 10.0. The van der Waals surface area contributed by atoms with E-state index < -0.39 is 23.7 Å². The topological polar surface area (TPSA) is 137 Å². The fraction of sp³-hybridized carbons (Fsp3) is 0.480. The number of fused-ring (bicyclic) bond motifs is 4. The number of carbonyl (C=O) groups excluding carboxylic acids is 2. The van der Waals surface area contributed by atoms with E-state index in [1.807, 2.05) is 34.1 Å². The summed E-state index contributed by atoms with van der Waals surface area (Å²) in [6, 6.07) is 11.2. The van der Waals surface area contributed by atoms with E-state index in [1.54, 1.807) is 26.0 Å². The number of nitrogens with zero attached hydrogens (tertiary/aromatic N) is 12. The highest BCUT2D eigenvalue weighted by Gasteiger charge is 2.41. The number of amides is 2. The number of carbonyl (C=O) groups is 2. The van der Waals surface area contributed by atoms with Gasteiger partial charge in [0, 0.05) is 138 Å². The summed E-state index contributed by atoms with van der Waals surface area (Å²) in [5.74, 6) is 1.72. The van der Waals surface area contributed by atoms with Crippen LogP contribution in [-0.4, -0.2) is 113 Å². The Labute approximate surface area is 410 Å². The van der Waals surface area contributed by atoms with Gasteiger partial charge in [0.05, 0.1) is 38.4 Å². The van der Waals surface area contributed by atoms with Crippen LogP contribution in [0.25, 0.3) is 22.3 Å². The van der Waals surface area contributed by atoms with Crippen LogP contribution in [0.15, 0.2) is 48.8 Å². The maximum absolute atomic E-state index is 13.6. The Balaban J connectivity index is 0.000000156. The first kappa shape index (κ1) is 47.6. The Morgan fingerprint density at radius 1 is 0.583 bits per heavy atom. The minimum atomic E-state index is -4.53. The van der Waals surface area contributed by atoms with E-state index >= 15 is 0 Å². The molecular formula is C50H54F6N12O4. The van der Waals surface area contributed by atoms with Crippen LogP contribution in [0, 0.1) is 0 Å². The molecule has 10 heterocycles. The number of alkyl halides is 6. The smallest absolute Gasteiger partial charge is 0.379 e. The van der Waals surface area contributed by atoms with Crippen molar-refractivity contribution < 1.29 is 45.4 Å². The molecule has 22 heteroatoms. The summed E-state index contributed by atoms with van der Waals surface area (Å²) in [7, 11) is 2.99. The Morgan fingerprint density at radius 3 is 1.36 bits per heavy atom. The summed E-state index contributed by atoms with van der Waals surface area (Å²) in [5, 5.41) is 17.4. The van der Waals surface area contributed by atoms with Gasteiger partial charge in [0.1, 0.15) is 0 Å². The van der Waals surface area contributed by atoms with Crippen molar-refractivity contribution in [3.63, 3.8) is 0 Å². The first-order chi connectivity index (χ1) is 34.4. The molecule has 2 fully saturated rings. The molecule has 0 radical (unpaired) electrons. The van der Waals surface area contributed by atoms with E-state index in [-0.39, 0.29) is 35.0 Å². The molecular weight excluding hydrogens is 947 g/mol. The number of hydrogen-bond donors (Lipinski definition) is 0. The third-order valence-electron chi connectivity index (χ3n) is 14.8. The molecule has 0 aliphatic carbocycles. The molecule has 2 saturated heterocycles. The van der Waals surface area contributed by atoms with Crippen LogP contribution in [0.4, 0.5) is 49.4 Å². The van der Waals surface area contributed by atoms with Gasteiger partial charge in [-0.3, -0.25) is 28.3 Å². The van der Waals surface area contributed by atoms with Gasteiger partial charge in [0.25, 0.3) is 0 Å². The molecule has 6 aliphatic rings. The first-order valence-electron chi connectivity index (χ1n) is 24.3. The van der Waals surface area contributed by atoms with Crippen molar-refractivity contribution in [3.8, 4) is 22.3 Å². The zero-order valence-corrected chi connectivity index (χ0v) is 40.4. The fourth-order valence-electron chi connectivity index (χ4n) is 11.3. The molecule has 72 heavy (non-hydrogen) atoms. The molecule has 0 unspecified atom stereocenters. The highest BCUT2D eigenvalue weighted by Crippen LogP contribution is 2.45. The fourth-order valence-corrected chi connectivity index (χ4v) is 11.3. The van der Waals surface area contributed by atoms with E-state index in [0.717, 1.165) is 82.3 Å². The second kappa shape index (κ2) is 18.1. The van der Waals surface area contributed by atoms with Crippen molar-refractivity contribution in [2.75, 3.05) is 62.4 Å². The van der Waals surface area contributed by atoms with Gasteiger partial charge < -0.3 is 29.1 Å². The van der Waals surface area contributed by atoms with Crippen molar-refractivity contribution in [3.05, 3.63) is 93.8 Å². The van der Waals surface area contributed by atoms with E-state index in [0.29, 0.717) is 89.7 Å². The third kappa shape index (κ3) is 8.58. The van der Waals surface area contributed by atoms with Gasteiger partial charge in [-0.05, 0) is 72.2 Å². The summed E-state index contributed by atoms with van der Waals surface area (Å²) < 4.78 is 99.1. The molecule has 0 spiro atoms. The van der Waals surface area contributed by atoms with Gasteiger partial charge in [-0.25, -0.2) is 0 Å². The molecule has 12 rings (SSSR count). The molecule has 6 aliphatic heterocycles. The summed E-state index contributed by atoms with van der Waals surface area (Å²) >= 11 is 0.